The fourth-order valence-corrected chi connectivity index (χ4v) is 4.17. The van der Waals surface area contributed by atoms with Crippen LogP contribution in [0.2, 0.25) is 11.0 Å². The van der Waals surface area contributed by atoms with Gasteiger partial charge in [0, 0.05) is 7.06 Å². The van der Waals surface area contributed by atoms with Crippen LogP contribution in [0.3, 0.4) is 0 Å². The summed E-state index contributed by atoms with van der Waals surface area (Å²) in [5.74, 6) is 0.798. The minimum Gasteiger partial charge on any atom is -0.0997 e. The van der Waals surface area contributed by atoms with Gasteiger partial charge in [-0.3, -0.25) is 0 Å². The van der Waals surface area contributed by atoms with Crippen molar-refractivity contribution in [3.8, 4) is 0 Å². The Balaban J connectivity index is 1.67. The Labute approximate surface area is 143 Å². The molecular formula is C18H33B4. The van der Waals surface area contributed by atoms with Crippen LogP contribution in [0.1, 0.15) is 103 Å². The van der Waals surface area contributed by atoms with Crippen molar-refractivity contribution in [2.75, 3.05) is 0 Å². The van der Waals surface area contributed by atoms with Crippen molar-refractivity contribution in [2.24, 2.45) is 0 Å². The van der Waals surface area contributed by atoms with E-state index in [0.29, 0.717) is 0 Å². The molecular weight excluding hydrogens is 259 g/mol. The third-order valence-corrected chi connectivity index (χ3v) is 5.75. The number of hydrogen-bond donors (Lipinski definition) is 0. The van der Waals surface area contributed by atoms with Gasteiger partial charge >= 0.3 is 0 Å². The first kappa shape index (κ1) is 18.6. The minimum absolute atomic E-state index is 0.0209. The molecule has 0 saturated heterocycles. The van der Waals surface area contributed by atoms with E-state index >= 15 is 0 Å². The molecule has 0 aromatic rings. The Morgan fingerprint density at radius 3 is 1.64 bits per heavy atom. The molecule has 0 aromatic heterocycles. The molecule has 0 aromatic carbocycles. The Kier molecular flexibility index (Phi) is 9.24. The molecule has 2 saturated carbocycles. The van der Waals surface area contributed by atoms with Gasteiger partial charge in [-0.25, -0.2) is 0 Å². The molecule has 0 heterocycles. The molecule has 2 aliphatic rings. The zero-order valence-electron chi connectivity index (χ0n) is 14.7. The van der Waals surface area contributed by atoms with Gasteiger partial charge in [0.2, 0.25) is 0 Å². The Hall–Kier alpha value is 0.260. The predicted octanol–water partition coefficient (Wildman–Crippen LogP) is 5.27. The first-order valence-electron chi connectivity index (χ1n) is 10.1. The molecule has 0 N–H and O–H groups in total. The van der Waals surface area contributed by atoms with E-state index in [0.717, 1.165) is 5.82 Å². The maximum absolute atomic E-state index is 6.64. The molecule has 0 spiro atoms. The van der Waals surface area contributed by atoms with Crippen LogP contribution in [0.25, 0.3) is 0 Å². The van der Waals surface area contributed by atoms with Gasteiger partial charge in [0.25, 0.3) is 0 Å². The summed E-state index contributed by atoms with van der Waals surface area (Å²) in [6.45, 7) is 0. The largest absolute Gasteiger partial charge is 0.0997 e. The molecule has 0 nitrogen and oxygen atoms in total. The average molecular weight is 293 g/mol. The van der Waals surface area contributed by atoms with E-state index in [1.165, 1.54) is 103 Å². The van der Waals surface area contributed by atoms with Gasteiger partial charge < -0.3 is 0 Å². The van der Waals surface area contributed by atoms with E-state index in [2.05, 4.69) is 21.4 Å². The minimum atomic E-state index is -0.0209. The Bertz CT molecular complexity index is 264. The smallest absolute Gasteiger partial charge is 0.0620 e. The summed E-state index contributed by atoms with van der Waals surface area (Å²) < 4.78 is 0. The fraction of sp³-hybridized carbons (Fsp3) is 1.00. The third-order valence-electron chi connectivity index (χ3n) is 5.75. The number of hydrogen-bond acceptors (Lipinski definition) is 0. The molecule has 0 atom stereocenters. The lowest BCUT2D eigenvalue weighted by Crippen LogP contribution is -2.31. The molecule has 0 bridgehead atoms. The standard InChI is InChI=1S/C18H33B4/c19-18(15-11-7-4-8-12-16-18)21-22-20-17-13-9-5-2-1-3-6-10-14-17/h17H,1-16H2. The molecule has 117 valence electrons. The summed E-state index contributed by atoms with van der Waals surface area (Å²) in [5.41, 5.74) is 0. The van der Waals surface area contributed by atoms with E-state index in [9.17, 15) is 0 Å². The van der Waals surface area contributed by atoms with Gasteiger partial charge in [0.15, 0.2) is 0 Å². The zero-order chi connectivity index (χ0) is 15.5. The highest BCUT2D eigenvalue weighted by molar-refractivity contribution is 7.31. The summed E-state index contributed by atoms with van der Waals surface area (Å²) in [6.07, 6.45) is 22.0. The average Bonchev–Trinajstić information content (AvgIpc) is 2.50. The lowest BCUT2D eigenvalue weighted by Gasteiger charge is -2.32. The van der Waals surface area contributed by atoms with E-state index in [4.69, 9.17) is 7.85 Å². The summed E-state index contributed by atoms with van der Waals surface area (Å²) in [7, 11) is 13.8. The highest BCUT2D eigenvalue weighted by Crippen LogP contribution is 2.36. The van der Waals surface area contributed by atoms with Crippen molar-refractivity contribution in [2.45, 2.75) is 114 Å². The molecule has 22 heavy (non-hydrogen) atoms. The molecule has 0 aliphatic heterocycles. The normalized spacial score (nSPS) is 25.5. The van der Waals surface area contributed by atoms with Crippen molar-refractivity contribution >= 4 is 29.2 Å². The molecule has 2 rings (SSSR count). The molecule has 5 radical (unpaired) electrons. The first-order chi connectivity index (χ1) is 10.8. The molecule has 0 amide bonds. The zero-order valence-corrected chi connectivity index (χ0v) is 14.7. The van der Waals surface area contributed by atoms with Gasteiger partial charge in [-0.15, -0.1) is 0 Å². The van der Waals surface area contributed by atoms with Crippen LogP contribution in [0.15, 0.2) is 0 Å². The second kappa shape index (κ2) is 10.9. The number of rotatable bonds is 4. The van der Waals surface area contributed by atoms with Crippen LogP contribution in [-0.2, 0) is 0 Å². The topological polar surface area (TPSA) is 0 Å². The first-order valence-corrected chi connectivity index (χ1v) is 10.1. The van der Waals surface area contributed by atoms with Crippen LogP contribution in [0, 0.1) is 0 Å². The maximum atomic E-state index is 6.64. The molecule has 2 fully saturated rings. The van der Waals surface area contributed by atoms with Crippen molar-refractivity contribution in [1.82, 2.24) is 0 Å². The van der Waals surface area contributed by atoms with Crippen molar-refractivity contribution in [1.29, 1.82) is 0 Å². The van der Waals surface area contributed by atoms with Crippen LogP contribution >= 0.6 is 0 Å². The van der Waals surface area contributed by atoms with Crippen molar-refractivity contribution < 1.29 is 0 Å². The lowest BCUT2D eigenvalue weighted by molar-refractivity contribution is 0.476. The van der Waals surface area contributed by atoms with Crippen LogP contribution in [0.4, 0.5) is 0 Å². The summed E-state index contributed by atoms with van der Waals surface area (Å²) >= 11 is 0. The van der Waals surface area contributed by atoms with E-state index in [-0.39, 0.29) is 5.21 Å². The monoisotopic (exact) mass is 293 g/mol. The molecule has 0 unspecified atom stereocenters. The van der Waals surface area contributed by atoms with Crippen LogP contribution in [0.5, 0.6) is 0 Å². The predicted molar refractivity (Wildman–Crippen MR) is 103 cm³/mol. The quantitative estimate of drug-likeness (QED) is 0.619. The van der Waals surface area contributed by atoms with E-state index in [1.807, 2.05) is 0 Å². The van der Waals surface area contributed by atoms with Crippen LogP contribution < -0.4 is 0 Å². The third kappa shape index (κ3) is 7.69. The SMILES string of the molecule is [B]C1([B][B][B]C2CCCCCCCCC2)CCCCCCC1. The Morgan fingerprint density at radius 2 is 1.09 bits per heavy atom. The van der Waals surface area contributed by atoms with Gasteiger partial charge in [-0.05, 0) is 0 Å². The van der Waals surface area contributed by atoms with Crippen molar-refractivity contribution in [3.63, 3.8) is 0 Å². The van der Waals surface area contributed by atoms with E-state index < -0.39 is 0 Å². The fourth-order valence-electron chi connectivity index (χ4n) is 4.17. The molecule has 4 heteroatoms. The highest BCUT2D eigenvalue weighted by Gasteiger charge is 2.25. The summed E-state index contributed by atoms with van der Waals surface area (Å²) in [4.78, 5) is 0. The second-order valence-corrected chi connectivity index (χ2v) is 7.86. The van der Waals surface area contributed by atoms with Gasteiger partial charge in [-0.2, -0.15) is 0 Å². The highest BCUT2D eigenvalue weighted by atomic mass is 14.1. The summed E-state index contributed by atoms with van der Waals surface area (Å²) in [6, 6.07) is 0. The second-order valence-electron chi connectivity index (χ2n) is 7.86. The van der Waals surface area contributed by atoms with Gasteiger partial charge in [0.1, 0.15) is 0 Å². The van der Waals surface area contributed by atoms with Gasteiger partial charge in [0.05, 0.1) is 22.2 Å². The lowest BCUT2D eigenvalue weighted by atomic mass is 9.09. The van der Waals surface area contributed by atoms with Crippen LogP contribution in [-0.4, -0.2) is 29.2 Å². The summed E-state index contributed by atoms with van der Waals surface area (Å²) in [5, 5.41) is -0.0209. The van der Waals surface area contributed by atoms with Gasteiger partial charge in [-0.1, -0.05) is 114 Å². The Morgan fingerprint density at radius 1 is 0.636 bits per heavy atom. The van der Waals surface area contributed by atoms with E-state index in [1.54, 1.807) is 0 Å². The molecule has 2 aliphatic carbocycles. The maximum Gasteiger partial charge on any atom is 0.0620 e. The van der Waals surface area contributed by atoms with Crippen molar-refractivity contribution in [3.05, 3.63) is 0 Å².